The molecule has 1 amide bonds. The van der Waals surface area contributed by atoms with Crippen molar-refractivity contribution in [3.63, 3.8) is 0 Å². The van der Waals surface area contributed by atoms with Gasteiger partial charge in [-0.3, -0.25) is 9.69 Å². The summed E-state index contributed by atoms with van der Waals surface area (Å²) in [5, 5.41) is 3.39. The Morgan fingerprint density at radius 1 is 1.14 bits per heavy atom. The van der Waals surface area contributed by atoms with E-state index in [1.165, 1.54) is 6.42 Å². The minimum atomic E-state index is 0. The fraction of sp³-hybridized carbons (Fsp3) is 0.933. The van der Waals surface area contributed by atoms with Crippen molar-refractivity contribution in [1.29, 1.82) is 0 Å². The molecule has 3 rings (SSSR count). The highest BCUT2D eigenvalue weighted by Crippen LogP contribution is 2.20. The van der Waals surface area contributed by atoms with Gasteiger partial charge < -0.3 is 15.0 Å². The molecule has 21 heavy (non-hydrogen) atoms. The third-order valence-corrected chi connectivity index (χ3v) is 4.86. The lowest BCUT2D eigenvalue weighted by Crippen LogP contribution is -2.49. The average Bonchev–Trinajstić information content (AvgIpc) is 2.99. The van der Waals surface area contributed by atoms with Crippen LogP contribution in [0.15, 0.2) is 0 Å². The second-order valence-electron chi connectivity index (χ2n) is 6.26. The van der Waals surface area contributed by atoms with Crippen LogP contribution in [0, 0.1) is 0 Å². The number of rotatable bonds is 3. The maximum absolute atomic E-state index is 12.4. The van der Waals surface area contributed by atoms with Gasteiger partial charge in [-0.05, 0) is 25.7 Å². The number of nitrogens with one attached hydrogen (secondary N) is 1. The van der Waals surface area contributed by atoms with Crippen LogP contribution >= 0.6 is 12.4 Å². The van der Waals surface area contributed by atoms with Gasteiger partial charge in [0.15, 0.2) is 0 Å². The van der Waals surface area contributed by atoms with Crippen LogP contribution < -0.4 is 5.32 Å². The molecule has 0 radical (unpaired) electrons. The molecule has 5 nitrogen and oxygen atoms in total. The summed E-state index contributed by atoms with van der Waals surface area (Å²) in [6.07, 6.45) is 5.32. The van der Waals surface area contributed by atoms with E-state index in [4.69, 9.17) is 4.74 Å². The molecule has 6 heteroatoms. The zero-order chi connectivity index (χ0) is 13.8. The van der Waals surface area contributed by atoms with E-state index in [2.05, 4.69) is 15.1 Å². The van der Waals surface area contributed by atoms with E-state index < -0.39 is 0 Å². The van der Waals surface area contributed by atoms with Crippen molar-refractivity contribution in [1.82, 2.24) is 15.1 Å². The first-order valence-electron chi connectivity index (χ1n) is 8.17. The van der Waals surface area contributed by atoms with E-state index in [-0.39, 0.29) is 18.5 Å². The maximum atomic E-state index is 12.4. The van der Waals surface area contributed by atoms with Gasteiger partial charge in [0.05, 0.1) is 12.5 Å². The average molecular weight is 318 g/mol. The normalized spacial score (nSPS) is 31.0. The zero-order valence-corrected chi connectivity index (χ0v) is 13.6. The summed E-state index contributed by atoms with van der Waals surface area (Å²) in [6.45, 7) is 7.10. The monoisotopic (exact) mass is 317 g/mol. The van der Waals surface area contributed by atoms with Crippen LogP contribution in [-0.2, 0) is 9.53 Å². The van der Waals surface area contributed by atoms with Crippen LogP contribution in [0.25, 0.3) is 0 Å². The third-order valence-electron chi connectivity index (χ3n) is 4.86. The van der Waals surface area contributed by atoms with Crippen molar-refractivity contribution < 1.29 is 9.53 Å². The second kappa shape index (κ2) is 8.32. The Labute approximate surface area is 133 Å². The van der Waals surface area contributed by atoms with Crippen molar-refractivity contribution in [2.75, 3.05) is 45.9 Å². The number of nitrogens with zero attached hydrogens (tertiary/aromatic N) is 2. The number of piperazine rings is 1. The highest BCUT2D eigenvalue weighted by Gasteiger charge is 2.31. The van der Waals surface area contributed by atoms with Crippen LogP contribution in [0.3, 0.4) is 0 Å². The fourth-order valence-electron chi connectivity index (χ4n) is 3.61. The van der Waals surface area contributed by atoms with Crippen molar-refractivity contribution in [2.24, 2.45) is 0 Å². The molecular weight excluding hydrogens is 290 g/mol. The van der Waals surface area contributed by atoms with Crippen LogP contribution in [-0.4, -0.2) is 73.7 Å². The number of halogens is 1. The summed E-state index contributed by atoms with van der Waals surface area (Å²) in [4.78, 5) is 17.0. The molecule has 3 fully saturated rings. The molecule has 0 aliphatic carbocycles. The van der Waals surface area contributed by atoms with Crippen LogP contribution in [0.2, 0.25) is 0 Å². The van der Waals surface area contributed by atoms with Gasteiger partial charge >= 0.3 is 0 Å². The van der Waals surface area contributed by atoms with Crippen molar-refractivity contribution in [3.05, 3.63) is 0 Å². The standard InChI is InChI=1S/C15H27N3O2.ClH/c19-15(11-14-3-1-2-10-20-14)18-7-4-13(12-18)17-8-5-16-6-9-17;/h13-14,16H,1-12H2;1H. The molecule has 0 aromatic carbocycles. The summed E-state index contributed by atoms with van der Waals surface area (Å²) in [7, 11) is 0. The van der Waals surface area contributed by atoms with Crippen molar-refractivity contribution in [2.45, 2.75) is 44.2 Å². The molecule has 0 aromatic heterocycles. The molecule has 3 heterocycles. The highest BCUT2D eigenvalue weighted by molar-refractivity contribution is 5.85. The molecule has 0 bridgehead atoms. The molecule has 3 saturated heterocycles. The second-order valence-corrected chi connectivity index (χ2v) is 6.26. The summed E-state index contributed by atoms with van der Waals surface area (Å²) >= 11 is 0. The molecule has 1 N–H and O–H groups in total. The van der Waals surface area contributed by atoms with Gasteiger partial charge in [0.25, 0.3) is 0 Å². The summed E-state index contributed by atoms with van der Waals surface area (Å²) in [6, 6.07) is 0.577. The third kappa shape index (κ3) is 4.55. The fourth-order valence-corrected chi connectivity index (χ4v) is 3.61. The maximum Gasteiger partial charge on any atom is 0.225 e. The summed E-state index contributed by atoms with van der Waals surface area (Å²) < 4.78 is 5.69. The first-order valence-corrected chi connectivity index (χ1v) is 8.17. The van der Waals surface area contributed by atoms with Crippen LogP contribution in [0.1, 0.15) is 32.1 Å². The number of carbonyl (C=O) groups is 1. The largest absolute Gasteiger partial charge is 0.378 e. The summed E-state index contributed by atoms with van der Waals surface area (Å²) in [5.41, 5.74) is 0. The van der Waals surface area contributed by atoms with Crippen molar-refractivity contribution >= 4 is 18.3 Å². The van der Waals surface area contributed by atoms with E-state index in [1.54, 1.807) is 0 Å². The van der Waals surface area contributed by atoms with Crippen LogP contribution in [0.4, 0.5) is 0 Å². The van der Waals surface area contributed by atoms with Crippen LogP contribution in [0.5, 0.6) is 0 Å². The number of hydrogen-bond acceptors (Lipinski definition) is 4. The predicted molar refractivity (Wildman–Crippen MR) is 84.9 cm³/mol. The topological polar surface area (TPSA) is 44.8 Å². The Balaban J connectivity index is 0.00000161. The number of likely N-dealkylation sites (tertiary alicyclic amines) is 1. The predicted octanol–water partition coefficient (Wildman–Crippen LogP) is 0.874. The number of hydrogen-bond donors (Lipinski definition) is 1. The van der Waals surface area contributed by atoms with E-state index in [0.29, 0.717) is 18.4 Å². The Bertz CT molecular complexity index is 331. The lowest BCUT2D eigenvalue weighted by molar-refractivity contribution is -0.134. The SMILES string of the molecule is Cl.O=C(CC1CCCCO1)N1CCC(N2CCNCC2)C1. The highest BCUT2D eigenvalue weighted by atomic mass is 35.5. The Morgan fingerprint density at radius 2 is 1.95 bits per heavy atom. The number of amides is 1. The molecule has 3 aliphatic rings. The first kappa shape index (κ1) is 17.0. The van der Waals surface area contributed by atoms with Gasteiger partial charge in [-0.25, -0.2) is 0 Å². The minimum Gasteiger partial charge on any atom is -0.378 e. The smallest absolute Gasteiger partial charge is 0.225 e. The minimum absolute atomic E-state index is 0. The molecule has 122 valence electrons. The quantitative estimate of drug-likeness (QED) is 0.839. The van der Waals surface area contributed by atoms with E-state index in [1.807, 2.05) is 0 Å². The van der Waals surface area contributed by atoms with Crippen molar-refractivity contribution in [3.8, 4) is 0 Å². The Morgan fingerprint density at radius 3 is 2.67 bits per heavy atom. The number of ether oxygens (including phenoxy) is 1. The van der Waals surface area contributed by atoms with Gasteiger partial charge in [0.2, 0.25) is 5.91 Å². The van der Waals surface area contributed by atoms with Gasteiger partial charge in [0, 0.05) is 51.9 Å². The van der Waals surface area contributed by atoms with E-state index >= 15 is 0 Å². The lowest BCUT2D eigenvalue weighted by atomic mass is 10.1. The Hall–Kier alpha value is -0.360. The molecular formula is C15H28ClN3O2. The van der Waals surface area contributed by atoms with Gasteiger partial charge in [-0.2, -0.15) is 0 Å². The van der Waals surface area contributed by atoms with E-state index in [0.717, 1.165) is 65.1 Å². The Kier molecular flexibility index (Phi) is 6.74. The molecule has 0 spiro atoms. The molecule has 0 aromatic rings. The lowest BCUT2D eigenvalue weighted by Gasteiger charge is -2.32. The summed E-state index contributed by atoms with van der Waals surface area (Å²) in [5.74, 6) is 0.300. The van der Waals surface area contributed by atoms with Gasteiger partial charge in [-0.1, -0.05) is 0 Å². The molecule has 0 saturated carbocycles. The van der Waals surface area contributed by atoms with Gasteiger partial charge in [0.1, 0.15) is 0 Å². The van der Waals surface area contributed by atoms with E-state index in [9.17, 15) is 4.79 Å². The van der Waals surface area contributed by atoms with Gasteiger partial charge in [-0.15, -0.1) is 12.4 Å². The first-order chi connectivity index (χ1) is 9.83. The number of carbonyl (C=O) groups excluding carboxylic acids is 1. The zero-order valence-electron chi connectivity index (χ0n) is 12.8. The molecule has 2 unspecified atom stereocenters. The molecule has 3 aliphatic heterocycles. The molecule has 2 atom stereocenters.